The van der Waals surface area contributed by atoms with Gasteiger partial charge >= 0.3 is 0 Å². The molecule has 0 amide bonds. The maximum absolute atomic E-state index is 8.07. The fourth-order valence-electron chi connectivity index (χ4n) is 0.158. The summed E-state index contributed by atoms with van der Waals surface area (Å²) in [5.41, 5.74) is 0. The summed E-state index contributed by atoms with van der Waals surface area (Å²) in [6, 6.07) is 0. The summed E-state index contributed by atoms with van der Waals surface area (Å²) >= 11 is 0. The fourth-order valence-corrected chi connectivity index (χ4v) is 0.158. The zero-order chi connectivity index (χ0) is 8.12. The van der Waals surface area contributed by atoms with Gasteiger partial charge in [0.05, 0.1) is 0 Å². The van der Waals surface area contributed by atoms with E-state index in [1.165, 1.54) is 0 Å². The second kappa shape index (κ2) is 53.1. The first-order chi connectivity index (χ1) is 4.41. The van der Waals surface area contributed by atoms with E-state index in [1.807, 2.05) is 0 Å². The molecule has 0 saturated carbocycles. The normalized spacial score (nSPS) is 5.40. The van der Waals surface area contributed by atoms with Gasteiger partial charge in [-0.15, -0.1) is 0 Å². The molecule has 0 aromatic heterocycles. The number of hydrogen-bond donors (Lipinski definition) is 3. The van der Waals surface area contributed by atoms with Crippen molar-refractivity contribution in [3.8, 4) is 0 Å². The molecule has 3 N–H and O–H groups in total. The van der Waals surface area contributed by atoms with Crippen molar-refractivity contribution < 1.29 is 41.2 Å². The van der Waals surface area contributed by atoms with E-state index in [0.717, 1.165) is 27.1 Å². The molecule has 0 aliphatic heterocycles. The smallest absolute Gasteiger partial charge is 0.0430 e. The van der Waals surface area contributed by atoms with E-state index in [4.69, 9.17) is 15.3 Å². The van der Waals surface area contributed by atoms with Gasteiger partial charge < -0.3 is 15.3 Å². The maximum atomic E-state index is 8.07. The van der Waals surface area contributed by atoms with Gasteiger partial charge in [-0.25, -0.2) is 0 Å². The Bertz CT molecular complexity index is 20.5. The summed E-state index contributed by atoms with van der Waals surface area (Å²) < 4.78 is 0. The van der Waals surface area contributed by atoms with Crippen LogP contribution < -0.4 is 0 Å². The molecular formula is C6H18HfO3. The van der Waals surface area contributed by atoms with Gasteiger partial charge in [-0.1, -0.05) is 13.3 Å². The maximum Gasteiger partial charge on any atom is 0.0430 e. The first kappa shape index (κ1) is 22.4. The van der Waals surface area contributed by atoms with Crippen molar-refractivity contribution in [2.45, 2.75) is 19.8 Å². The van der Waals surface area contributed by atoms with Crippen LogP contribution in [0.5, 0.6) is 0 Å². The van der Waals surface area contributed by atoms with Gasteiger partial charge in [0.15, 0.2) is 0 Å². The minimum absolute atomic E-state index is 0. The minimum atomic E-state index is 0. The Balaban J connectivity index is -0.0000000315. The molecule has 0 saturated heterocycles. The average molecular weight is 317 g/mol. The third-order valence-electron chi connectivity index (χ3n) is 0.512. The Kier molecular flexibility index (Phi) is 119. The molecule has 0 fully saturated rings. The third kappa shape index (κ3) is 69.5. The molecule has 3 nitrogen and oxygen atoms in total. The van der Waals surface area contributed by atoms with Crippen molar-refractivity contribution in [1.82, 2.24) is 0 Å². The topological polar surface area (TPSA) is 60.7 Å². The Morgan fingerprint density at radius 1 is 1.00 bits per heavy atom. The molecule has 0 atom stereocenters. The summed E-state index contributed by atoms with van der Waals surface area (Å²) in [5.74, 6) is 0. The zero-order valence-corrected chi connectivity index (χ0v) is 10.6. The number of aliphatic hydroxyl groups is 3. The van der Waals surface area contributed by atoms with Crippen molar-refractivity contribution in [3.63, 3.8) is 0 Å². The minimum Gasteiger partial charge on any atom is -0.400 e. The predicted molar refractivity (Wildman–Crippen MR) is 38.3 cm³/mol. The van der Waals surface area contributed by atoms with E-state index in [9.17, 15) is 0 Å². The second-order valence-corrected chi connectivity index (χ2v) is 1.08. The van der Waals surface area contributed by atoms with Crippen LogP contribution in [-0.4, -0.2) is 36.1 Å². The monoisotopic (exact) mass is 318 g/mol. The molecule has 4 heteroatoms. The Morgan fingerprint density at radius 3 is 1.30 bits per heavy atom. The number of hydrogen-bond acceptors (Lipinski definition) is 3. The predicted octanol–water partition coefficient (Wildman–Crippen LogP) is -0.00670. The molecular weight excluding hydrogens is 299 g/mol. The van der Waals surface area contributed by atoms with Crippen molar-refractivity contribution in [3.05, 3.63) is 0 Å². The Labute approximate surface area is 81.9 Å². The molecule has 0 bridgehead atoms. The molecule has 64 valence electrons. The summed E-state index contributed by atoms with van der Waals surface area (Å²) in [4.78, 5) is 0. The largest absolute Gasteiger partial charge is 0.400 e. The van der Waals surface area contributed by atoms with Crippen LogP contribution >= 0.6 is 0 Å². The van der Waals surface area contributed by atoms with Crippen molar-refractivity contribution >= 4 is 0 Å². The van der Waals surface area contributed by atoms with Gasteiger partial charge in [-0.3, -0.25) is 0 Å². The summed E-state index contributed by atoms with van der Waals surface area (Å²) in [6.07, 6.45) is 2.04. The molecule has 0 aliphatic carbocycles. The van der Waals surface area contributed by atoms with Crippen LogP contribution in [0.15, 0.2) is 0 Å². The van der Waals surface area contributed by atoms with Gasteiger partial charge in [-0.05, 0) is 6.42 Å². The van der Waals surface area contributed by atoms with Gasteiger partial charge in [0, 0.05) is 46.7 Å². The molecule has 0 heterocycles. The fraction of sp³-hybridized carbons (Fsp3) is 1.00. The first-order valence-electron chi connectivity index (χ1n) is 2.92. The molecule has 0 aromatic rings. The number of rotatable bonds is 2. The summed E-state index contributed by atoms with van der Waals surface area (Å²) in [6.45, 7) is 2.40. The molecule has 0 radical (unpaired) electrons. The van der Waals surface area contributed by atoms with E-state index >= 15 is 0 Å². The van der Waals surface area contributed by atoms with E-state index in [-0.39, 0.29) is 25.8 Å². The van der Waals surface area contributed by atoms with Gasteiger partial charge in [0.25, 0.3) is 0 Å². The van der Waals surface area contributed by atoms with E-state index < -0.39 is 0 Å². The van der Waals surface area contributed by atoms with E-state index in [1.54, 1.807) is 0 Å². The van der Waals surface area contributed by atoms with Crippen molar-refractivity contribution in [1.29, 1.82) is 0 Å². The standard InChI is InChI=1S/C4H10O.2CH4O.Hf/c1-2-3-4-5;2*1-2;/h5H,2-4H2,1H3;2*2H,1H3;. The van der Waals surface area contributed by atoms with Crippen LogP contribution in [0.2, 0.25) is 0 Å². The van der Waals surface area contributed by atoms with Crippen LogP contribution in [-0.2, 0) is 25.8 Å². The average Bonchev–Trinajstić information content (AvgIpc) is 1.98. The van der Waals surface area contributed by atoms with Gasteiger partial charge in [0.2, 0.25) is 0 Å². The zero-order valence-electron chi connectivity index (χ0n) is 6.96. The first-order valence-corrected chi connectivity index (χ1v) is 2.92. The van der Waals surface area contributed by atoms with Crippen LogP contribution in [0, 0.1) is 0 Å². The molecule has 0 unspecified atom stereocenters. The van der Waals surface area contributed by atoms with Crippen molar-refractivity contribution in [2.24, 2.45) is 0 Å². The van der Waals surface area contributed by atoms with Crippen molar-refractivity contribution in [2.75, 3.05) is 20.8 Å². The molecule has 10 heavy (non-hydrogen) atoms. The molecule has 0 aliphatic rings. The molecule has 0 aromatic carbocycles. The van der Waals surface area contributed by atoms with Crippen LogP contribution in [0.4, 0.5) is 0 Å². The van der Waals surface area contributed by atoms with E-state index in [2.05, 4.69) is 6.92 Å². The van der Waals surface area contributed by atoms with Gasteiger partial charge in [0.1, 0.15) is 0 Å². The Morgan fingerprint density at radius 2 is 1.30 bits per heavy atom. The third-order valence-corrected chi connectivity index (χ3v) is 0.512. The van der Waals surface area contributed by atoms with Crippen LogP contribution in [0.25, 0.3) is 0 Å². The Hall–Kier alpha value is 0.750. The quantitative estimate of drug-likeness (QED) is 0.628. The molecule has 0 spiro atoms. The SMILES string of the molecule is CCCCO.CO.CO.[Hf]. The van der Waals surface area contributed by atoms with Crippen LogP contribution in [0.1, 0.15) is 19.8 Å². The van der Waals surface area contributed by atoms with Crippen LogP contribution in [0.3, 0.4) is 0 Å². The number of aliphatic hydroxyl groups excluding tert-OH is 3. The molecule has 0 rings (SSSR count). The number of unbranched alkanes of at least 4 members (excludes halogenated alkanes) is 1. The second-order valence-electron chi connectivity index (χ2n) is 1.08. The summed E-state index contributed by atoms with van der Waals surface area (Å²) in [7, 11) is 2.00. The van der Waals surface area contributed by atoms with E-state index in [0.29, 0.717) is 6.61 Å². The summed E-state index contributed by atoms with van der Waals surface area (Å²) in [5, 5.41) is 22.1. The van der Waals surface area contributed by atoms with Gasteiger partial charge in [-0.2, -0.15) is 0 Å².